The van der Waals surface area contributed by atoms with Crippen molar-refractivity contribution in [3.63, 3.8) is 0 Å². The predicted molar refractivity (Wildman–Crippen MR) is 193 cm³/mol. The summed E-state index contributed by atoms with van der Waals surface area (Å²) in [5.74, 6) is 0.0123. The zero-order chi connectivity index (χ0) is 34.2. The molecule has 4 aromatic heterocycles. The number of nitrogens with zero attached hydrogens (tertiary/aromatic N) is 4. The maximum Gasteiger partial charge on any atom is 0.274 e. The number of carbonyl (C=O) groups excluding carboxylic acids is 2. The smallest absolute Gasteiger partial charge is 0.274 e. The maximum absolute atomic E-state index is 13.4. The molecule has 6 aromatic rings. The van der Waals surface area contributed by atoms with Crippen LogP contribution in [0.1, 0.15) is 25.7 Å². The van der Waals surface area contributed by atoms with Gasteiger partial charge < -0.3 is 33.4 Å². The van der Waals surface area contributed by atoms with Gasteiger partial charge in [0.2, 0.25) is 5.91 Å². The molecular formula is C37H34Cl2N6O4. The van der Waals surface area contributed by atoms with Crippen LogP contribution in [0.3, 0.4) is 0 Å². The Morgan fingerprint density at radius 1 is 0.837 bits per heavy atom. The molecule has 0 radical (unpaired) electrons. The van der Waals surface area contributed by atoms with Gasteiger partial charge in [-0.05, 0) is 32.0 Å². The van der Waals surface area contributed by atoms with E-state index in [1.165, 1.54) is 0 Å². The van der Waals surface area contributed by atoms with E-state index >= 15 is 0 Å². The Bertz CT molecular complexity index is 2350. The van der Waals surface area contributed by atoms with Gasteiger partial charge in [0.15, 0.2) is 0 Å². The van der Waals surface area contributed by atoms with Crippen molar-refractivity contribution >= 4 is 46.4 Å². The van der Waals surface area contributed by atoms with Crippen LogP contribution >= 0.6 is 23.2 Å². The number of halogens is 2. The first-order valence-corrected chi connectivity index (χ1v) is 16.9. The van der Waals surface area contributed by atoms with Gasteiger partial charge in [-0.2, -0.15) is 0 Å². The minimum Gasteiger partial charge on any atom is -0.352 e. The van der Waals surface area contributed by atoms with Crippen molar-refractivity contribution in [2.24, 2.45) is 0 Å². The summed E-state index contributed by atoms with van der Waals surface area (Å²) in [6, 6.07) is 15.1. The summed E-state index contributed by atoms with van der Waals surface area (Å²) >= 11 is 14.2. The molecular weight excluding hydrogens is 663 g/mol. The second-order valence-corrected chi connectivity index (χ2v) is 13.2. The Labute approximate surface area is 291 Å². The minimum absolute atomic E-state index is 0.0114. The van der Waals surface area contributed by atoms with Crippen molar-refractivity contribution in [2.75, 3.05) is 7.05 Å². The number of hydrogen-bond donors (Lipinski definition) is 2. The predicted octanol–water partition coefficient (Wildman–Crippen LogP) is 5.67. The maximum atomic E-state index is 13.4. The highest BCUT2D eigenvalue weighted by Gasteiger charge is 2.22. The van der Waals surface area contributed by atoms with Crippen molar-refractivity contribution in [3.05, 3.63) is 116 Å². The molecule has 1 aliphatic heterocycles. The summed E-state index contributed by atoms with van der Waals surface area (Å²) in [6.07, 6.45) is 14.1. The van der Waals surface area contributed by atoms with Crippen molar-refractivity contribution in [3.8, 4) is 33.4 Å². The van der Waals surface area contributed by atoms with E-state index in [1.807, 2.05) is 80.4 Å². The first-order chi connectivity index (χ1) is 23.7. The van der Waals surface area contributed by atoms with E-state index in [0.717, 1.165) is 39.7 Å². The van der Waals surface area contributed by atoms with Crippen LogP contribution in [0.4, 0.5) is 0 Å². The Morgan fingerprint density at radius 2 is 1.39 bits per heavy atom. The van der Waals surface area contributed by atoms with E-state index in [-0.39, 0.29) is 29.1 Å². The standard InChI is InChI=1S/C37H34Cl2N6O4/c1-40-25(5-4-16-46)21-44-14-12-42-19-23(17-31(42)36(44)48)27-6-2-8-29(34(27)38)30-9-3-7-28(35(30)39)24-18-32-37(49)45(15-13-43(32)20-24)22-26-10-11-33(47)41-26/h2-3,6-9,12-20,25-26,40H,4-5,10-11,21-22H2,1H3,(H,41,47). The Morgan fingerprint density at radius 3 is 1.92 bits per heavy atom. The highest BCUT2D eigenvalue weighted by Crippen LogP contribution is 2.42. The third-order valence-electron chi connectivity index (χ3n) is 9.34. The van der Waals surface area contributed by atoms with E-state index in [1.54, 1.807) is 30.3 Å². The largest absolute Gasteiger partial charge is 0.352 e. The van der Waals surface area contributed by atoms with Crippen LogP contribution in [0.15, 0.2) is 95.3 Å². The van der Waals surface area contributed by atoms with Crippen molar-refractivity contribution in [1.82, 2.24) is 28.6 Å². The second kappa shape index (κ2) is 13.5. The molecule has 1 saturated heterocycles. The van der Waals surface area contributed by atoms with E-state index < -0.39 is 0 Å². The Balaban J connectivity index is 1.21. The number of aromatic nitrogens is 4. The van der Waals surface area contributed by atoms with Gasteiger partial charge in [-0.25, -0.2) is 0 Å². The van der Waals surface area contributed by atoms with Crippen molar-refractivity contribution in [2.45, 2.75) is 50.9 Å². The molecule has 0 bridgehead atoms. The number of benzene rings is 2. The number of hydrogen-bond acceptors (Lipinski definition) is 5. The topological polar surface area (TPSA) is 111 Å². The lowest BCUT2D eigenvalue weighted by molar-refractivity contribution is -0.119. The number of carbonyl (C=O) groups is 2. The number of rotatable bonds is 11. The number of amides is 1. The zero-order valence-corrected chi connectivity index (χ0v) is 28.2. The molecule has 1 fully saturated rings. The van der Waals surface area contributed by atoms with Crippen molar-refractivity contribution in [1.29, 1.82) is 0 Å². The monoisotopic (exact) mass is 696 g/mol. The average Bonchev–Trinajstić information content (AvgIpc) is 3.84. The van der Waals surface area contributed by atoms with Gasteiger partial charge in [0.1, 0.15) is 17.3 Å². The molecule has 0 aliphatic carbocycles. The number of fused-ring (bicyclic) bond motifs is 2. The van der Waals surface area contributed by atoms with E-state index in [0.29, 0.717) is 59.9 Å². The molecule has 12 heteroatoms. The number of aldehydes is 1. The molecule has 2 unspecified atom stereocenters. The lowest BCUT2D eigenvalue weighted by Crippen LogP contribution is -2.34. The van der Waals surface area contributed by atoms with Gasteiger partial charge in [0, 0.05) is 109 Å². The zero-order valence-electron chi connectivity index (χ0n) is 26.7. The normalized spacial score (nSPS) is 15.2. The van der Waals surface area contributed by atoms with Gasteiger partial charge in [-0.3, -0.25) is 14.4 Å². The molecule has 49 heavy (non-hydrogen) atoms. The van der Waals surface area contributed by atoms with Crippen LogP contribution in [-0.4, -0.2) is 49.3 Å². The summed E-state index contributed by atoms with van der Waals surface area (Å²) < 4.78 is 6.87. The molecule has 2 aromatic carbocycles. The highest BCUT2D eigenvalue weighted by atomic mass is 35.5. The fourth-order valence-electron chi connectivity index (χ4n) is 6.68. The highest BCUT2D eigenvalue weighted by molar-refractivity contribution is 6.39. The SMILES string of the molecule is CNC(CCC=O)Cn1ccn2cc(-c3cccc(-c4cccc(-c5cc6c(=O)n(CC7CCC(=O)N7)ccn6c5)c4Cl)c3Cl)cc2c1=O. The van der Waals surface area contributed by atoms with Crippen LogP contribution in [0, 0.1) is 0 Å². The van der Waals surface area contributed by atoms with Gasteiger partial charge in [0.05, 0.1) is 10.0 Å². The van der Waals surface area contributed by atoms with Crippen molar-refractivity contribution < 1.29 is 9.59 Å². The van der Waals surface area contributed by atoms with Crippen LogP contribution in [0.5, 0.6) is 0 Å². The van der Waals surface area contributed by atoms with E-state index in [9.17, 15) is 19.2 Å². The van der Waals surface area contributed by atoms with Crippen LogP contribution in [0.25, 0.3) is 44.4 Å². The van der Waals surface area contributed by atoms with E-state index in [4.69, 9.17) is 23.2 Å². The van der Waals surface area contributed by atoms with Gasteiger partial charge in [-0.15, -0.1) is 0 Å². The molecule has 0 saturated carbocycles. The fourth-order valence-corrected chi connectivity index (χ4v) is 7.35. The molecule has 250 valence electrons. The summed E-state index contributed by atoms with van der Waals surface area (Å²) in [5.41, 5.74) is 5.26. The molecule has 1 aliphatic rings. The fraction of sp³-hybridized carbons (Fsp3) is 0.243. The molecule has 10 nitrogen and oxygen atoms in total. The second-order valence-electron chi connectivity index (χ2n) is 12.4. The first kappa shape index (κ1) is 32.6. The van der Waals surface area contributed by atoms with Crippen LogP contribution < -0.4 is 21.8 Å². The van der Waals surface area contributed by atoms with Crippen LogP contribution in [0.2, 0.25) is 10.0 Å². The Hall–Kier alpha value is -4.90. The molecule has 2 N–H and O–H groups in total. The molecule has 5 heterocycles. The quantitative estimate of drug-likeness (QED) is 0.170. The third-order valence-corrected chi connectivity index (χ3v) is 10.2. The third kappa shape index (κ3) is 6.23. The lowest BCUT2D eigenvalue weighted by Gasteiger charge is -2.16. The summed E-state index contributed by atoms with van der Waals surface area (Å²) in [6.45, 7) is 0.860. The van der Waals surface area contributed by atoms with Gasteiger partial charge in [0.25, 0.3) is 11.1 Å². The summed E-state index contributed by atoms with van der Waals surface area (Å²) in [5, 5.41) is 7.09. The first-order valence-electron chi connectivity index (χ1n) is 16.2. The van der Waals surface area contributed by atoms with Gasteiger partial charge >= 0.3 is 0 Å². The van der Waals surface area contributed by atoms with Gasteiger partial charge in [-0.1, -0.05) is 59.6 Å². The molecule has 1 amide bonds. The van der Waals surface area contributed by atoms with E-state index in [2.05, 4.69) is 10.6 Å². The summed E-state index contributed by atoms with van der Waals surface area (Å²) in [4.78, 5) is 49.3. The lowest BCUT2D eigenvalue weighted by atomic mass is 9.97. The Kier molecular flexibility index (Phi) is 9.02. The molecule has 7 rings (SSSR count). The average molecular weight is 698 g/mol. The number of nitrogens with one attached hydrogen (secondary N) is 2. The molecule has 2 atom stereocenters. The molecule has 0 spiro atoms. The summed E-state index contributed by atoms with van der Waals surface area (Å²) in [7, 11) is 1.82. The minimum atomic E-state index is -0.149. The van der Waals surface area contributed by atoms with Crippen LogP contribution in [-0.2, 0) is 22.7 Å². The number of likely N-dealkylation sites (N-methyl/N-ethyl adjacent to an activating group) is 1.